The molecule has 0 saturated carbocycles. The summed E-state index contributed by atoms with van der Waals surface area (Å²) in [5, 5.41) is 1.78. The number of nitrogens with one attached hydrogen (secondary N) is 1. The number of rotatable bonds is 3. The van der Waals surface area contributed by atoms with E-state index in [1.807, 2.05) is 42.5 Å². The summed E-state index contributed by atoms with van der Waals surface area (Å²) < 4.78 is 10.3. The van der Waals surface area contributed by atoms with Gasteiger partial charge in [-0.25, -0.2) is 4.79 Å². The second-order valence-electron chi connectivity index (χ2n) is 6.38. The van der Waals surface area contributed by atoms with Crippen molar-refractivity contribution in [3.05, 3.63) is 77.1 Å². The van der Waals surface area contributed by atoms with Gasteiger partial charge in [-0.2, -0.15) is 0 Å². The number of benzene rings is 2. The Morgan fingerprint density at radius 3 is 2.78 bits per heavy atom. The van der Waals surface area contributed by atoms with Crippen LogP contribution < -0.4 is 4.74 Å². The molecule has 1 aliphatic rings. The normalized spacial score (nSPS) is 16.1. The van der Waals surface area contributed by atoms with E-state index >= 15 is 0 Å². The number of aromatic nitrogens is 1. The topological polar surface area (TPSA) is 54.6 Å². The van der Waals surface area contributed by atoms with Gasteiger partial charge in [0.1, 0.15) is 11.8 Å². The minimum absolute atomic E-state index is 0.293. The van der Waals surface area contributed by atoms with Crippen molar-refractivity contribution in [2.45, 2.75) is 12.5 Å². The Morgan fingerprint density at radius 2 is 2.07 bits per heavy atom. The molecule has 0 saturated heterocycles. The van der Waals surface area contributed by atoms with Crippen LogP contribution in [0.4, 0.5) is 4.79 Å². The number of nitrogens with zero attached hydrogens (tertiary/aromatic N) is 1. The number of halogens is 1. The number of aromatic amines is 1. The van der Waals surface area contributed by atoms with Gasteiger partial charge >= 0.3 is 6.09 Å². The molecule has 3 aromatic rings. The predicted molar refractivity (Wildman–Crippen MR) is 105 cm³/mol. The third-order valence-electron chi connectivity index (χ3n) is 4.94. The molecule has 2 heterocycles. The molecule has 1 aliphatic heterocycles. The molecule has 0 radical (unpaired) electrons. The summed E-state index contributed by atoms with van der Waals surface area (Å²) in [5.74, 6) is 0.762. The van der Waals surface area contributed by atoms with E-state index < -0.39 is 6.09 Å². The Labute approximate surface area is 162 Å². The predicted octanol–water partition coefficient (Wildman–Crippen LogP) is 5.06. The smallest absolute Gasteiger partial charge is 0.415 e. The Morgan fingerprint density at radius 1 is 1.30 bits per heavy atom. The number of fused-ring (bicyclic) bond motifs is 3. The molecule has 1 aromatic heterocycles. The van der Waals surface area contributed by atoms with E-state index in [0.29, 0.717) is 18.0 Å². The van der Waals surface area contributed by atoms with Crippen LogP contribution in [0.25, 0.3) is 10.9 Å². The number of hydrogen-bond donors (Lipinski definition) is 1. The molecular weight excluding hydrogens is 364 g/mol. The molecule has 1 unspecified atom stereocenters. The minimum Gasteiger partial charge on any atom is -0.497 e. The number of methoxy groups -OCH3 is 1. The van der Waals surface area contributed by atoms with Gasteiger partial charge in [0, 0.05) is 28.2 Å². The zero-order valence-corrected chi connectivity index (χ0v) is 15.6. The van der Waals surface area contributed by atoms with E-state index in [4.69, 9.17) is 21.1 Å². The summed E-state index contributed by atoms with van der Waals surface area (Å²) in [6, 6.07) is 13.2. The van der Waals surface area contributed by atoms with Gasteiger partial charge < -0.3 is 14.5 Å². The fourth-order valence-electron chi connectivity index (χ4n) is 3.73. The monoisotopic (exact) mass is 382 g/mol. The number of carbonyl (C=O) groups is 1. The Bertz CT molecular complexity index is 1010. The van der Waals surface area contributed by atoms with Crippen LogP contribution in [-0.4, -0.2) is 29.6 Å². The fourth-order valence-corrected chi connectivity index (χ4v) is 3.90. The highest BCUT2D eigenvalue weighted by atomic mass is 35.5. The molecule has 0 fully saturated rings. The van der Waals surface area contributed by atoms with E-state index in [2.05, 4.69) is 11.6 Å². The SMILES string of the molecule is C=COC(=O)N1CCc2c([nH]c3ccc(Cl)cc23)C1c1ccc(OC)cc1. The standard InChI is InChI=1S/C21H19ClN2O3/c1-3-27-21(25)24-11-10-16-17-12-14(22)6-9-18(17)23-19(16)20(24)13-4-7-15(26-2)8-5-13/h3-9,12,20,23H,1,10-11H2,2H3. The molecule has 27 heavy (non-hydrogen) atoms. The molecule has 4 rings (SSSR count). The molecule has 0 aliphatic carbocycles. The van der Waals surface area contributed by atoms with E-state index in [-0.39, 0.29) is 6.04 Å². The second kappa shape index (κ2) is 7.00. The van der Waals surface area contributed by atoms with Gasteiger partial charge in [0.25, 0.3) is 0 Å². The molecule has 1 N–H and O–H groups in total. The first-order valence-electron chi connectivity index (χ1n) is 8.64. The van der Waals surface area contributed by atoms with Crippen molar-refractivity contribution in [3.63, 3.8) is 0 Å². The van der Waals surface area contributed by atoms with Crippen molar-refractivity contribution in [2.75, 3.05) is 13.7 Å². The third kappa shape index (κ3) is 3.04. The Hall–Kier alpha value is -2.92. The molecule has 138 valence electrons. The summed E-state index contributed by atoms with van der Waals surface area (Å²) in [6.07, 6.45) is 1.45. The lowest BCUT2D eigenvalue weighted by atomic mass is 9.92. The number of carbonyl (C=O) groups excluding carboxylic acids is 1. The lowest BCUT2D eigenvalue weighted by Gasteiger charge is -2.35. The maximum atomic E-state index is 12.6. The van der Waals surface area contributed by atoms with Gasteiger partial charge in [0.05, 0.1) is 13.4 Å². The summed E-state index contributed by atoms with van der Waals surface area (Å²) in [6.45, 7) is 4.03. The van der Waals surface area contributed by atoms with Crippen LogP contribution in [0.3, 0.4) is 0 Å². The van der Waals surface area contributed by atoms with Crippen LogP contribution in [-0.2, 0) is 11.2 Å². The van der Waals surface area contributed by atoms with Crippen LogP contribution in [0.1, 0.15) is 22.9 Å². The van der Waals surface area contributed by atoms with Crippen molar-refractivity contribution in [3.8, 4) is 5.75 Å². The number of hydrogen-bond acceptors (Lipinski definition) is 3. The molecule has 0 bridgehead atoms. The second-order valence-corrected chi connectivity index (χ2v) is 6.81. The summed E-state index contributed by atoms with van der Waals surface area (Å²) >= 11 is 6.20. The molecular formula is C21H19ClN2O3. The molecule has 6 heteroatoms. The van der Waals surface area contributed by atoms with Crippen molar-refractivity contribution >= 4 is 28.6 Å². The largest absolute Gasteiger partial charge is 0.497 e. The molecule has 1 amide bonds. The summed E-state index contributed by atoms with van der Waals surface area (Å²) in [7, 11) is 1.63. The van der Waals surface area contributed by atoms with Crippen LogP contribution in [0.15, 0.2) is 55.3 Å². The zero-order valence-electron chi connectivity index (χ0n) is 14.9. The average molecular weight is 383 g/mol. The Kier molecular flexibility index (Phi) is 4.54. The van der Waals surface area contributed by atoms with E-state index in [9.17, 15) is 4.79 Å². The van der Waals surface area contributed by atoms with Crippen LogP contribution in [0.2, 0.25) is 5.02 Å². The maximum Gasteiger partial charge on any atom is 0.415 e. The lowest BCUT2D eigenvalue weighted by molar-refractivity contribution is 0.121. The summed E-state index contributed by atoms with van der Waals surface area (Å²) in [4.78, 5) is 17.8. The van der Waals surface area contributed by atoms with Gasteiger partial charge in [-0.3, -0.25) is 4.90 Å². The Balaban J connectivity index is 1.87. The first-order valence-corrected chi connectivity index (χ1v) is 9.02. The highest BCUT2D eigenvalue weighted by molar-refractivity contribution is 6.31. The molecule has 0 spiro atoms. The molecule has 2 aromatic carbocycles. The quantitative estimate of drug-likeness (QED) is 0.644. The number of H-pyrrole nitrogens is 1. The van der Waals surface area contributed by atoms with Gasteiger partial charge in [-0.15, -0.1) is 0 Å². The third-order valence-corrected chi connectivity index (χ3v) is 5.17. The maximum absolute atomic E-state index is 12.6. The highest BCUT2D eigenvalue weighted by Gasteiger charge is 2.35. The van der Waals surface area contributed by atoms with E-state index in [1.54, 1.807) is 12.0 Å². The van der Waals surface area contributed by atoms with Gasteiger partial charge in [0.2, 0.25) is 0 Å². The van der Waals surface area contributed by atoms with Gasteiger partial charge in [0.15, 0.2) is 0 Å². The molecule has 1 atom stereocenters. The number of ether oxygens (including phenoxy) is 2. The van der Waals surface area contributed by atoms with Gasteiger partial charge in [-0.05, 0) is 47.9 Å². The van der Waals surface area contributed by atoms with Gasteiger partial charge in [-0.1, -0.05) is 30.3 Å². The highest BCUT2D eigenvalue weighted by Crippen LogP contribution is 2.39. The number of amides is 1. The van der Waals surface area contributed by atoms with E-state index in [0.717, 1.165) is 34.2 Å². The van der Waals surface area contributed by atoms with Crippen molar-refractivity contribution in [2.24, 2.45) is 0 Å². The van der Waals surface area contributed by atoms with Crippen molar-refractivity contribution in [1.29, 1.82) is 0 Å². The van der Waals surface area contributed by atoms with Crippen molar-refractivity contribution < 1.29 is 14.3 Å². The van der Waals surface area contributed by atoms with Crippen LogP contribution in [0, 0.1) is 0 Å². The average Bonchev–Trinajstić information content (AvgIpc) is 3.05. The fraction of sp³-hybridized carbons (Fsp3) is 0.190. The van der Waals surface area contributed by atoms with Crippen LogP contribution >= 0.6 is 11.6 Å². The van der Waals surface area contributed by atoms with Crippen molar-refractivity contribution in [1.82, 2.24) is 9.88 Å². The zero-order chi connectivity index (χ0) is 19.0. The first kappa shape index (κ1) is 17.5. The molecule has 5 nitrogen and oxygen atoms in total. The summed E-state index contributed by atoms with van der Waals surface area (Å²) in [5.41, 5.74) is 4.12. The van der Waals surface area contributed by atoms with Crippen LogP contribution in [0.5, 0.6) is 5.75 Å². The first-order chi connectivity index (χ1) is 13.1. The lowest BCUT2D eigenvalue weighted by Crippen LogP contribution is -2.40. The van der Waals surface area contributed by atoms with E-state index in [1.165, 1.54) is 5.56 Å². The minimum atomic E-state index is -0.423.